The summed E-state index contributed by atoms with van der Waals surface area (Å²) in [5.41, 5.74) is 0.776. The van der Waals surface area contributed by atoms with Crippen molar-refractivity contribution < 1.29 is 13.2 Å². The van der Waals surface area contributed by atoms with Gasteiger partial charge in [-0.15, -0.1) is 0 Å². The molecule has 0 saturated carbocycles. The molecule has 0 aliphatic rings. The van der Waals surface area contributed by atoms with E-state index in [1.54, 1.807) is 13.0 Å². The van der Waals surface area contributed by atoms with Crippen LogP contribution in [0.5, 0.6) is 0 Å². The number of hydrogen-bond donors (Lipinski definition) is 0. The van der Waals surface area contributed by atoms with E-state index in [9.17, 15) is 13.2 Å². The Labute approximate surface area is 89.9 Å². The summed E-state index contributed by atoms with van der Waals surface area (Å²) in [4.78, 5) is 0. The van der Waals surface area contributed by atoms with Gasteiger partial charge in [-0.3, -0.25) is 0 Å². The number of aryl methyl sites for hydroxylation is 1. The van der Waals surface area contributed by atoms with E-state index < -0.39 is 11.7 Å². The zero-order chi connectivity index (χ0) is 10.1. The number of benzene rings is 1. The molecule has 0 nitrogen and oxygen atoms in total. The summed E-state index contributed by atoms with van der Waals surface area (Å²) < 4.78 is 38.7. The van der Waals surface area contributed by atoms with E-state index in [2.05, 4.69) is 0 Å². The second kappa shape index (κ2) is 3.90. The van der Waals surface area contributed by atoms with Crippen molar-refractivity contribution in [2.45, 2.75) is 13.1 Å². The summed E-state index contributed by atoms with van der Waals surface area (Å²) in [5.74, 6) is 0. The van der Waals surface area contributed by atoms with Gasteiger partial charge in [0.1, 0.15) is 0 Å². The summed E-state index contributed by atoms with van der Waals surface area (Å²) in [5, 5.41) is 0. The fraction of sp³-hybridized carbons (Fsp3) is 0.222. The monoisotopic (exact) mass is 377 g/mol. The van der Waals surface area contributed by atoms with Gasteiger partial charge in [0, 0.05) is 0 Å². The molecule has 0 spiro atoms. The first-order chi connectivity index (χ1) is 5.93. The van der Waals surface area contributed by atoms with E-state index in [-0.39, 0.29) is 0 Å². The molecule has 1 rings (SSSR count). The molecule has 0 saturated heterocycles. The Bertz CT molecular complexity index is 328. The number of hydrogen-bond acceptors (Lipinski definition) is 0. The van der Waals surface area contributed by atoms with Crippen molar-refractivity contribution in [2.75, 3.05) is 0 Å². The average molecular weight is 377 g/mol. The normalized spacial score (nSPS) is 11.5. The third-order valence-electron chi connectivity index (χ3n) is 1.62. The Hall–Kier alpha value is -0.198. The fourth-order valence-corrected chi connectivity index (χ4v) is 1.82. The minimum atomic E-state index is -4.23. The molecule has 13 heavy (non-hydrogen) atoms. The van der Waals surface area contributed by atoms with Crippen molar-refractivity contribution in [1.29, 1.82) is 0 Å². The Kier molecular flexibility index (Phi) is 3.26. The SMILES string of the molecule is Cc1cc([CH]=[Tl])cc(C(F)(F)F)c1. The molecular weight excluding hydrogens is 369 g/mol. The first kappa shape index (κ1) is 10.9. The van der Waals surface area contributed by atoms with Crippen LogP contribution >= 0.6 is 0 Å². The van der Waals surface area contributed by atoms with Crippen LogP contribution in [0.25, 0.3) is 0 Å². The number of halogens is 3. The first-order valence-corrected chi connectivity index (χ1v) is 6.26. The molecule has 1 aromatic carbocycles. The van der Waals surface area contributed by atoms with Crippen LogP contribution in [-0.2, 0) is 6.18 Å². The molecule has 67 valence electrons. The van der Waals surface area contributed by atoms with Gasteiger partial charge in [-0.25, -0.2) is 0 Å². The molecule has 0 fully saturated rings. The van der Waals surface area contributed by atoms with Gasteiger partial charge in [-0.1, -0.05) is 0 Å². The third kappa shape index (κ3) is 2.89. The van der Waals surface area contributed by atoms with Crippen LogP contribution < -0.4 is 0 Å². The van der Waals surface area contributed by atoms with Crippen LogP contribution in [0.1, 0.15) is 16.7 Å². The van der Waals surface area contributed by atoms with Crippen molar-refractivity contribution >= 4 is 28.8 Å². The van der Waals surface area contributed by atoms with Crippen LogP contribution in [-0.4, -0.2) is 28.8 Å². The molecule has 0 atom stereocenters. The van der Waals surface area contributed by atoms with Crippen molar-refractivity contribution in [1.82, 2.24) is 0 Å². The van der Waals surface area contributed by atoms with E-state index in [0.717, 1.165) is 6.07 Å². The van der Waals surface area contributed by atoms with E-state index >= 15 is 0 Å². The Balaban J connectivity index is 3.24. The average Bonchev–Trinajstić information content (AvgIpc) is 2.01. The molecule has 0 aliphatic carbocycles. The number of rotatable bonds is 1. The zero-order valence-electron chi connectivity index (χ0n) is 7.02. The van der Waals surface area contributed by atoms with Crippen molar-refractivity contribution in [2.24, 2.45) is 0 Å². The van der Waals surface area contributed by atoms with Crippen LogP contribution in [0.2, 0.25) is 0 Å². The molecule has 0 bridgehead atoms. The van der Waals surface area contributed by atoms with Gasteiger partial charge in [0.05, 0.1) is 0 Å². The van der Waals surface area contributed by atoms with Gasteiger partial charge in [-0.05, 0) is 0 Å². The van der Waals surface area contributed by atoms with E-state index in [1.165, 1.54) is 6.07 Å². The van der Waals surface area contributed by atoms with Crippen LogP contribution in [0.15, 0.2) is 18.2 Å². The summed E-state index contributed by atoms with van der Waals surface area (Å²) in [6.45, 7) is 1.67. The first-order valence-electron chi connectivity index (χ1n) is 3.67. The molecular formula is C9H7F3Tl. The predicted octanol–water partition coefficient (Wildman–Crippen LogP) is 2.33. The van der Waals surface area contributed by atoms with E-state index in [1.807, 2.05) is 3.56 Å². The predicted molar refractivity (Wildman–Crippen MR) is 47.1 cm³/mol. The van der Waals surface area contributed by atoms with Gasteiger partial charge in [0.2, 0.25) is 0 Å². The van der Waals surface area contributed by atoms with Gasteiger partial charge in [0.15, 0.2) is 0 Å². The van der Waals surface area contributed by atoms with Gasteiger partial charge >= 0.3 is 90.0 Å². The topological polar surface area (TPSA) is 0 Å². The quantitative estimate of drug-likeness (QED) is 0.660. The van der Waals surface area contributed by atoms with Crippen molar-refractivity contribution in [3.8, 4) is 0 Å². The molecule has 0 radical (unpaired) electrons. The second-order valence-corrected chi connectivity index (χ2v) is 4.09. The second-order valence-electron chi connectivity index (χ2n) is 2.80. The maximum atomic E-state index is 12.3. The Morgan fingerprint density at radius 3 is 2.31 bits per heavy atom. The standard InChI is InChI=1S/C9H7F3.Tl/c1-6-3-7(2)5-8(4-6)9(10,11)12;/h1,3-5H,2H3;. The molecule has 0 aromatic heterocycles. The van der Waals surface area contributed by atoms with Crippen LogP contribution in [0, 0.1) is 6.92 Å². The van der Waals surface area contributed by atoms with Crippen molar-refractivity contribution in [3.05, 3.63) is 34.9 Å². The molecule has 4 heteroatoms. The van der Waals surface area contributed by atoms with Crippen LogP contribution in [0.4, 0.5) is 13.2 Å². The van der Waals surface area contributed by atoms with E-state index in [0.29, 0.717) is 36.4 Å². The Morgan fingerprint density at radius 2 is 1.85 bits per heavy atom. The summed E-state index contributed by atoms with van der Waals surface area (Å²) in [6, 6.07) is 4.11. The molecule has 0 N–H and O–H groups in total. The molecule has 0 aliphatic heterocycles. The van der Waals surface area contributed by atoms with Gasteiger partial charge in [-0.2, -0.15) is 0 Å². The molecule has 0 unspecified atom stereocenters. The molecule has 1 aromatic rings. The van der Waals surface area contributed by atoms with Gasteiger partial charge < -0.3 is 0 Å². The van der Waals surface area contributed by atoms with Gasteiger partial charge in [0.25, 0.3) is 0 Å². The number of alkyl halides is 3. The molecule has 0 amide bonds. The summed E-state index contributed by atoms with van der Waals surface area (Å²) >= 11 is 0.577. The molecule has 0 heterocycles. The fourth-order valence-electron chi connectivity index (χ4n) is 1.07. The Morgan fingerprint density at radius 1 is 1.23 bits per heavy atom. The minimum absolute atomic E-state index is 0.556. The van der Waals surface area contributed by atoms with E-state index in [4.69, 9.17) is 0 Å². The maximum absolute atomic E-state index is 12.3. The zero-order valence-corrected chi connectivity index (χ0v) is 11.5. The third-order valence-corrected chi connectivity index (χ3v) is 3.12. The summed E-state index contributed by atoms with van der Waals surface area (Å²) in [7, 11) is 0. The summed E-state index contributed by atoms with van der Waals surface area (Å²) in [6.07, 6.45) is -4.23. The van der Waals surface area contributed by atoms with Crippen LogP contribution in [0.3, 0.4) is 0 Å². The van der Waals surface area contributed by atoms with Crippen molar-refractivity contribution in [3.63, 3.8) is 0 Å².